The number of carbonyl (C=O) groups excluding carboxylic acids is 1. The van der Waals surface area contributed by atoms with Crippen LogP contribution in [0.3, 0.4) is 0 Å². The number of rotatable bonds is 7. The number of nitrogens with zero attached hydrogens (tertiary/aromatic N) is 2. The molecule has 0 fully saturated rings. The number of para-hydroxylation sites is 1. The smallest absolute Gasteiger partial charge is 0.256 e. The molecule has 1 amide bonds. The fourth-order valence-corrected chi connectivity index (χ4v) is 3.93. The summed E-state index contributed by atoms with van der Waals surface area (Å²) in [6.45, 7) is 0.975. The Hall–Kier alpha value is -2.61. The molecule has 8 heteroatoms. The van der Waals surface area contributed by atoms with E-state index in [9.17, 15) is 4.79 Å². The molecule has 0 aliphatic carbocycles. The van der Waals surface area contributed by atoms with Crippen LogP contribution in [0.1, 0.15) is 21.5 Å². The second-order valence-electron chi connectivity index (χ2n) is 7.02. The Morgan fingerprint density at radius 3 is 2.34 bits per heavy atom. The summed E-state index contributed by atoms with van der Waals surface area (Å²) in [7, 11) is 0. The van der Waals surface area contributed by atoms with Crippen LogP contribution in [0.25, 0.3) is 0 Å². The number of hydrogen-bond acceptors (Lipinski definition) is 3. The van der Waals surface area contributed by atoms with Crippen LogP contribution < -0.4 is 10.1 Å². The summed E-state index contributed by atoms with van der Waals surface area (Å²) in [5.41, 5.74) is 2.56. The van der Waals surface area contributed by atoms with Crippen LogP contribution >= 0.6 is 43.5 Å². The molecular weight excluding hydrogens is 558 g/mol. The minimum absolute atomic E-state index is 0.235. The van der Waals surface area contributed by atoms with Gasteiger partial charge in [-0.25, -0.2) is 0 Å². The Morgan fingerprint density at radius 2 is 1.62 bits per heavy atom. The SMILES string of the molecule is O=C(Nc1nn(Cc2ccc(Cl)cc2)cc1Br)c1ccc(COc2ccccc2Br)cc1. The van der Waals surface area contributed by atoms with E-state index in [1.165, 1.54) is 0 Å². The van der Waals surface area contributed by atoms with Crippen molar-refractivity contribution in [1.82, 2.24) is 9.78 Å². The van der Waals surface area contributed by atoms with Crippen molar-refractivity contribution in [2.75, 3.05) is 5.32 Å². The zero-order chi connectivity index (χ0) is 22.5. The molecule has 0 aliphatic heterocycles. The summed E-state index contributed by atoms with van der Waals surface area (Å²) in [5.74, 6) is 0.999. The molecule has 32 heavy (non-hydrogen) atoms. The second-order valence-corrected chi connectivity index (χ2v) is 9.16. The van der Waals surface area contributed by atoms with Gasteiger partial charge in [-0.3, -0.25) is 9.48 Å². The lowest BCUT2D eigenvalue weighted by atomic mass is 10.1. The van der Waals surface area contributed by atoms with Gasteiger partial charge in [0.1, 0.15) is 12.4 Å². The third-order valence-corrected chi connectivity index (χ3v) is 6.14. The highest BCUT2D eigenvalue weighted by Crippen LogP contribution is 2.25. The van der Waals surface area contributed by atoms with Crippen LogP contribution in [0, 0.1) is 0 Å². The van der Waals surface area contributed by atoms with Gasteiger partial charge in [0.05, 0.1) is 15.5 Å². The molecule has 0 unspecified atom stereocenters. The maximum atomic E-state index is 12.7. The summed E-state index contributed by atoms with van der Waals surface area (Å²) in [5, 5.41) is 8.00. The number of aromatic nitrogens is 2. The molecule has 0 spiro atoms. The highest BCUT2D eigenvalue weighted by Gasteiger charge is 2.13. The average molecular weight is 576 g/mol. The standard InChI is InChI=1S/C24H18Br2ClN3O2/c25-20-3-1-2-4-22(20)32-15-17-5-9-18(10-6-17)24(31)28-23-21(26)14-30(29-23)13-16-7-11-19(27)12-8-16/h1-12,14H,13,15H2,(H,28,29,31). The first-order chi connectivity index (χ1) is 15.5. The molecule has 162 valence electrons. The number of benzene rings is 3. The third kappa shape index (κ3) is 5.79. The fraction of sp³-hybridized carbons (Fsp3) is 0.0833. The summed E-state index contributed by atoms with van der Waals surface area (Å²) in [6.07, 6.45) is 1.83. The first-order valence-electron chi connectivity index (χ1n) is 9.73. The topological polar surface area (TPSA) is 56.2 Å². The van der Waals surface area contributed by atoms with Gasteiger partial charge in [-0.05, 0) is 79.4 Å². The Balaban J connectivity index is 1.37. The van der Waals surface area contributed by atoms with E-state index in [0.29, 0.717) is 34.0 Å². The lowest BCUT2D eigenvalue weighted by Gasteiger charge is -2.09. The van der Waals surface area contributed by atoms with Gasteiger partial charge < -0.3 is 10.1 Å². The van der Waals surface area contributed by atoms with Crippen LogP contribution in [0.2, 0.25) is 5.02 Å². The minimum Gasteiger partial charge on any atom is -0.488 e. The highest BCUT2D eigenvalue weighted by atomic mass is 79.9. The molecule has 0 radical (unpaired) electrons. The Morgan fingerprint density at radius 1 is 0.938 bits per heavy atom. The average Bonchev–Trinajstić information content (AvgIpc) is 3.13. The van der Waals surface area contributed by atoms with E-state index in [1.807, 2.05) is 66.9 Å². The monoisotopic (exact) mass is 573 g/mol. The molecule has 4 rings (SSSR count). The van der Waals surface area contributed by atoms with E-state index >= 15 is 0 Å². The van der Waals surface area contributed by atoms with Crippen LogP contribution in [0.5, 0.6) is 5.75 Å². The van der Waals surface area contributed by atoms with E-state index in [2.05, 4.69) is 42.3 Å². The summed E-state index contributed by atoms with van der Waals surface area (Å²) in [6, 6.07) is 22.5. The molecule has 0 saturated heterocycles. The fourth-order valence-electron chi connectivity index (χ4n) is 2.99. The number of anilines is 1. The molecule has 3 aromatic carbocycles. The van der Waals surface area contributed by atoms with Crippen LogP contribution in [-0.4, -0.2) is 15.7 Å². The van der Waals surface area contributed by atoms with Crippen molar-refractivity contribution in [2.24, 2.45) is 0 Å². The van der Waals surface area contributed by atoms with Crippen molar-refractivity contribution < 1.29 is 9.53 Å². The molecule has 0 saturated carbocycles. The minimum atomic E-state index is -0.235. The molecule has 1 aromatic heterocycles. The molecular formula is C24H18Br2ClN3O2. The number of amides is 1. The first kappa shape index (κ1) is 22.6. The van der Waals surface area contributed by atoms with E-state index in [4.69, 9.17) is 16.3 Å². The number of nitrogens with one attached hydrogen (secondary N) is 1. The van der Waals surface area contributed by atoms with Gasteiger partial charge in [-0.1, -0.05) is 48.0 Å². The van der Waals surface area contributed by atoms with E-state index in [-0.39, 0.29) is 5.91 Å². The third-order valence-electron chi connectivity index (χ3n) is 4.65. The number of hydrogen-bond donors (Lipinski definition) is 1. The molecule has 1 N–H and O–H groups in total. The molecule has 0 bridgehead atoms. The largest absolute Gasteiger partial charge is 0.488 e. The van der Waals surface area contributed by atoms with Gasteiger partial charge >= 0.3 is 0 Å². The van der Waals surface area contributed by atoms with Crippen molar-refractivity contribution in [2.45, 2.75) is 13.2 Å². The van der Waals surface area contributed by atoms with Gasteiger partial charge in [0.15, 0.2) is 5.82 Å². The zero-order valence-corrected chi connectivity index (χ0v) is 20.7. The van der Waals surface area contributed by atoms with E-state index in [1.54, 1.807) is 16.8 Å². The Kier molecular flexibility index (Phi) is 7.29. The summed E-state index contributed by atoms with van der Waals surface area (Å²) in [4.78, 5) is 12.7. The predicted octanol–water partition coefficient (Wildman–Crippen LogP) is 6.94. The number of ether oxygens (including phenoxy) is 1. The predicted molar refractivity (Wildman–Crippen MR) is 133 cm³/mol. The summed E-state index contributed by atoms with van der Waals surface area (Å²) >= 11 is 12.9. The van der Waals surface area contributed by atoms with Crippen molar-refractivity contribution in [3.63, 3.8) is 0 Å². The second kappa shape index (κ2) is 10.3. The number of halogens is 3. The molecule has 0 atom stereocenters. The van der Waals surface area contributed by atoms with Gasteiger partial charge in [-0.15, -0.1) is 0 Å². The first-order valence-corrected chi connectivity index (χ1v) is 11.7. The maximum Gasteiger partial charge on any atom is 0.256 e. The Labute approximate surface area is 207 Å². The molecule has 1 heterocycles. The van der Waals surface area contributed by atoms with E-state index in [0.717, 1.165) is 21.3 Å². The quantitative estimate of drug-likeness (QED) is 0.260. The van der Waals surface area contributed by atoms with Crippen LogP contribution in [-0.2, 0) is 13.2 Å². The number of carbonyl (C=O) groups is 1. The lowest BCUT2D eigenvalue weighted by molar-refractivity contribution is 0.102. The van der Waals surface area contributed by atoms with Crippen LogP contribution in [0.15, 0.2) is 87.9 Å². The molecule has 4 aromatic rings. The zero-order valence-electron chi connectivity index (χ0n) is 16.8. The van der Waals surface area contributed by atoms with Crippen LogP contribution in [0.4, 0.5) is 5.82 Å². The van der Waals surface area contributed by atoms with Crippen molar-refractivity contribution in [3.05, 3.63) is 110 Å². The van der Waals surface area contributed by atoms with Crippen molar-refractivity contribution >= 4 is 55.2 Å². The van der Waals surface area contributed by atoms with Crippen molar-refractivity contribution in [1.29, 1.82) is 0 Å². The highest BCUT2D eigenvalue weighted by molar-refractivity contribution is 9.11. The van der Waals surface area contributed by atoms with Gasteiger partial charge in [0.2, 0.25) is 0 Å². The van der Waals surface area contributed by atoms with Gasteiger partial charge in [0, 0.05) is 16.8 Å². The lowest BCUT2D eigenvalue weighted by Crippen LogP contribution is -2.13. The Bertz CT molecular complexity index is 1220. The molecule has 0 aliphatic rings. The van der Waals surface area contributed by atoms with Crippen molar-refractivity contribution in [3.8, 4) is 5.75 Å². The maximum absolute atomic E-state index is 12.7. The normalized spacial score (nSPS) is 10.7. The van der Waals surface area contributed by atoms with E-state index < -0.39 is 0 Å². The van der Waals surface area contributed by atoms with Gasteiger partial charge in [0.25, 0.3) is 5.91 Å². The molecule has 5 nitrogen and oxygen atoms in total. The summed E-state index contributed by atoms with van der Waals surface area (Å²) < 4.78 is 9.18. The van der Waals surface area contributed by atoms with Gasteiger partial charge in [-0.2, -0.15) is 5.10 Å².